The molecule has 0 atom stereocenters. The molecule has 0 bridgehead atoms. The first-order chi connectivity index (χ1) is 10.3. The van der Waals surface area contributed by atoms with E-state index >= 15 is 0 Å². The van der Waals surface area contributed by atoms with E-state index in [4.69, 9.17) is 5.11 Å². The van der Waals surface area contributed by atoms with Gasteiger partial charge in [0.25, 0.3) is 0 Å². The fourth-order valence-corrected chi connectivity index (χ4v) is 2.55. The van der Waals surface area contributed by atoms with E-state index in [1.807, 2.05) is 18.6 Å². The summed E-state index contributed by atoms with van der Waals surface area (Å²) in [4.78, 5) is 6.84. The van der Waals surface area contributed by atoms with Crippen LogP contribution in [0.25, 0.3) is 0 Å². The average Bonchev–Trinajstić information content (AvgIpc) is 3.18. The highest BCUT2D eigenvalue weighted by Crippen LogP contribution is 2.19. The van der Waals surface area contributed by atoms with Crippen LogP contribution in [0.1, 0.15) is 18.4 Å². The summed E-state index contributed by atoms with van der Waals surface area (Å²) in [5.41, 5.74) is 2.10. The Labute approximate surface area is 124 Å². The van der Waals surface area contributed by atoms with Crippen LogP contribution < -0.4 is 10.2 Å². The fraction of sp³-hybridized carbons (Fsp3) is 0.467. The van der Waals surface area contributed by atoms with Crippen LogP contribution in [0.4, 0.5) is 11.5 Å². The van der Waals surface area contributed by atoms with Crippen LogP contribution in [0.5, 0.6) is 0 Å². The Hall–Kier alpha value is -2.08. The van der Waals surface area contributed by atoms with E-state index in [1.54, 1.807) is 4.68 Å². The predicted molar refractivity (Wildman–Crippen MR) is 82.3 cm³/mol. The standard InChI is InChI=1S/C15H21N5O/c21-8-7-20-12-13(10-18-20)9-16-14-3-4-15(17-11-14)19-5-1-2-6-19/h3-4,10-12,16,21H,1-2,5-9H2. The summed E-state index contributed by atoms with van der Waals surface area (Å²) < 4.78 is 1.74. The van der Waals surface area contributed by atoms with E-state index in [0.717, 1.165) is 30.2 Å². The summed E-state index contributed by atoms with van der Waals surface area (Å²) >= 11 is 0. The molecule has 3 heterocycles. The number of rotatable bonds is 6. The van der Waals surface area contributed by atoms with Gasteiger partial charge in [-0.3, -0.25) is 4.68 Å². The van der Waals surface area contributed by atoms with Gasteiger partial charge in [0.1, 0.15) is 5.82 Å². The number of pyridine rings is 1. The van der Waals surface area contributed by atoms with Gasteiger partial charge < -0.3 is 15.3 Å². The minimum absolute atomic E-state index is 0.108. The first-order valence-corrected chi connectivity index (χ1v) is 7.42. The zero-order valence-corrected chi connectivity index (χ0v) is 12.1. The predicted octanol–water partition coefficient (Wildman–Crippen LogP) is 1.48. The Morgan fingerprint density at radius 3 is 2.76 bits per heavy atom. The number of hydrogen-bond donors (Lipinski definition) is 2. The average molecular weight is 287 g/mol. The molecule has 0 radical (unpaired) electrons. The molecular weight excluding hydrogens is 266 g/mol. The van der Waals surface area contributed by atoms with E-state index in [9.17, 15) is 0 Å². The molecule has 0 amide bonds. The number of hydrogen-bond acceptors (Lipinski definition) is 5. The molecule has 2 aromatic rings. The highest BCUT2D eigenvalue weighted by atomic mass is 16.3. The quantitative estimate of drug-likeness (QED) is 0.842. The van der Waals surface area contributed by atoms with E-state index in [0.29, 0.717) is 13.1 Å². The third-order valence-corrected chi connectivity index (χ3v) is 3.69. The highest BCUT2D eigenvalue weighted by molar-refractivity contribution is 5.49. The molecule has 1 saturated heterocycles. The van der Waals surface area contributed by atoms with E-state index in [-0.39, 0.29) is 6.61 Å². The van der Waals surface area contributed by atoms with Crippen molar-refractivity contribution in [1.82, 2.24) is 14.8 Å². The zero-order chi connectivity index (χ0) is 14.5. The monoisotopic (exact) mass is 287 g/mol. The summed E-state index contributed by atoms with van der Waals surface area (Å²) in [6, 6.07) is 4.14. The highest BCUT2D eigenvalue weighted by Gasteiger charge is 2.12. The lowest BCUT2D eigenvalue weighted by Crippen LogP contribution is -2.18. The third kappa shape index (κ3) is 3.52. The summed E-state index contributed by atoms with van der Waals surface area (Å²) in [6.07, 6.45) is 8.16. The number of nitrogens with zero attached hydrogens (tertiary/aromatic N) is 4. The maximum atomic E-state index is 8.86. The summed E-state index contributed by atoms with van der Waals surface area (Å²) in [5, 5.41) is 16.4. The van der Waals surface area contributed by atoms with Crippen LogP contribution in [0, 0.1) is 0 Å². The number of nitrogens with one attached hydrogen (secondary N) is 1. The normalized spacial score (nSPS) is 14.6. The third-order valence-electron chi connectivity index (χ3n) is 3.69. The Morgan fingerprint density at radius 2 is 2.05 bits per heavy atom. The molecular formula is C15H21N5O. The molecule has 0 spiro atoms. The Morgan fingerprint density at radius 1 is 1.19 bits per heavy atom. The second-order valence-electron chi connectivity index (χ2n) is 5.29. The van der Waals surface area contributed by atoms with Crippen molar-refractivity contribution in [3.63, 3.8) is 0 Å². The van der Waals surface area contributed by atoms with Crippen LogP contribution >= 0.6 is 0 Å². The lowest BCUT2D eigenvalue weighted by molar-refractivity contribution is 0.269. The van der Waals surface area contributed by atoms with Gasteiger partial charge in [-0.1, -0.05) is 0 Å². The van der Waals surface area contributed by atoms with Gasteiger partial charge in [0, 0.05) is 31.4 Å². The van der Waals surface area contributed by atoms with E-state index < -0.39 is 0 Å². The van der Waals surface area contributed by atoms with Crippen molar-refractivity contribution in [3.8, 4) is 0 Å². The van der Waals surface area contributed by atoms with Crippen molar-refractivity contribution >= 4 is 11.5 Å². The van der Waals surface area contributed by atoms with Gasteiger partial charge in [-0.05, 0) is 25.0 Å². The van der Waals surface area contributed by atoms with Gasteiger partial charge in [0.05, 0.1) is 31.2 Å². The molecule has 1 fully saturated rings. The van der Waals surface area contributed by atoms with Crippen molar-refractivity contribution in [3.05, 3.63) is 36.3 Å². The first kappa shape index (κ1) is 13.9. The smallest absolute Gasteiger partial charge is 0.128 e. The summed E-state index contributed by atoms with van der Waals surface area (Å²) in [5.74, 6) is 1.06. The first-order valence-electron chi connectivity index (χ1n) is 7.42. The fourth-order valence-electron chi connectivity index (χ4n) is 2.55. The zero-order valence-electron chi connectivity index (χ0n) is 12.1. The van der Waals surface area contributed by atoms with Crippen LogP contribution in [0.15, 0.2) is 30.7 Å². The Kier molecular flexibility index (Phi) is 4.35. The topological polar surface area (TPSA) is 66.2 Å². The van der Waals surface area contributed by atoms with Gasteiger partial charge in [-0.2, -0.15) is 5.10 Å². The Balaban J connectivity index is 1.54. The van der Waals surface area contributed by atoms with Crippen LogP contribution in [0.3, 0.4) is 0 Å². The van der Waals surface area contributed by atoms with Gasteiger partial charge in [0.2, 0.25) is 0 Å². The maximum Gasteiger partial charge on any atom is 0.128 e. The lowest BCUT2D eigenvalue weighted by atomic mass is 10.3. The second-order valence-corrected chi connectivity index (χ2v) is 5.29. The molecule has 21 heavy (non-hydrogen) atoms. The van der Waals surface area contributed by atoms with Crippen LogP contribution in [-0.4, -0.2) is 39.6 Å². The molecule has 6 nitrogen and oxygen atoms in total. The van der Waals surface area contributed by atoms with Crippen molar-refractivity contribution in [2.75, 3.05) is 29.9 Å². The van der Waals surface area contributed by atoms with Crippen molar-refractivity contribution in [2.24, 2.45) is 0 Å². The molecule has 0 aliphatic carbocycles. The molecule has 1 aliphatic rings. The van der Waals surface area contributed by atoms with Crippen LogP contribution in [-0.2, 0) is 13.1 Å². The largest absolute Gasteiger partial charge is 0.394 e. The molecule has 2 N–H and O–H groups in total. The van der Waals surface area contributed by atoms with Crippen molar-refractivity contribution in [2.45, 2.75) is 25.9 Å². The second kappa shape index (κ2) is 6.58. The van der Waals surface area contributed by atoms with Crippen LogP contribution in [0.2, 0.25) is 0 Å². The van der Waals surface area contributed by atoms with Gasteiger partial charge in [0.15, 0.2) is 0 Å². The van der Waals surface area contributed by atoms with Crippen molar-refractivity contribution in [1.29, 1.82) is 0 Å². The molecule has 2 aromatic heterocycles. The molecule has 0 saturated carbocycles. The molecule has 6 heteroatoms. The molecule has 0 aromatic carbocycles. The number of anilines is 2. The van der Waals surface area contributed by atoms with Gasteiger partial charge in [-0.15, -0.1) is 0 Å². The molecule has 112 valence electrons. The molecule has 3 rings (SSSR count). The van der Waals surface area contributed by atoms with Gasteiger partial charge >= 0.3 is 0 Å². The minimum atomic E-state index is 0.108. The van der Waals surface area contributed by atoms with E-state index in [2.05, 4.69) is 32.4 Å². The SMILES string of the molecule is OCCn1cc(CNc2ccc(N3CCCC3)nc2)cn1. The lowest BCUT2D eigenvalue weighted by Gasteiger charge is -2.16. The molecule has 1 aliphatic heterocycles. The summed E-state index contributed by atoms with van der Waals surface area (Å²) in [7, 11) is 0. The minimum Gasteiger partial charge on any atom is -0.394 e. The summed E-state index contributed by atoms with van der Waals surface area (Å²) in [6.45, 7) is 3.58. The number of aliphatic hydroxyl groups is 1. The molecule has 0 unspecified atom stereocenters. The number of aliphatic hydroxyl groups excluding tert-OH is 1. The Bertz CT molecular complexity index is 560. The number of aromatic nitrogens is 3. The van der Waals surface area contributed by atoms with E-state index in [1.165, 1.54) is 12.8 Å². The van der Waals surface area contributed by atoms with Gasteiger partial charge in [-0.25, -0.2) is 4.98 Å². The van der Waals surface area contributed by atoms with Crippen molar-refractivity contribution < 1.29 is 5.11 Å². The maximum absolute atomic E-state index is 8.86.